The van der Waals surface area contributed by atoms with Gasteiger partial charge in [-0.25, -0.2) is 4.79 Å². The number of hydrogen-bond acceptors (Lipinski definition) is 3. The molecule has 1 aromatic rings. The first kappa shape index (κ1) is 9.02. The molecule has 0 aromatic heterocycles. The van der Waals surface area contributed by atoms with E-state index < -0.39 is 5.97 Å². The minimum atomic E-state index is -0.939. The number of carboxylic acid groups (broad SMARTS) is 1. The minimum absolute atomic E-state index is 0.113. The Kier molecular flexibility index (Phi) is 2.13. The molecule has 1 unspecified atom stereocenters. The molecule has 1 aliphatic rings. The van der Waals surface area contributed by atoms with Crippen LogP contribution in [-0.2, 0) is 0 Å². The van der Waals surface area contributed by atoms with Crippen molar-refractivity contribution in [3.63, 3.8) is 0 Å². The first-order valence-corrected chi connectivity index (χ1v) is 4.44. The number of ether oxygens (including phenoxy) is 1. The molecule has 1 aromatic carbocycles. The van der Waals surface area contributed by atoms with Crippen LogP contribution < -0.4 is 10.5 Å². The van der Waals surface area contributed by atoms with Crippen LogP contribution in [0.1, 0.15) is 28.4 Å². The van der Waals surface area contributed by atoms with E-state index in [1.807, 2.05) is 0 Å². The van der Waals surface area contributed by atoms with Gasteiger partial charge in [0, 0.05) is 18.0 Å². The quantitative estimate of drug-likeness (QED) is 0.702. The Balaban J connectivity index is 2.45. The van der Waals surface area contributed by atoms with Gasteiger partial charge in [0.05, 0.1) is 12.2 Å². The zero-order chi connectivity index (χ0) is 10.1. The second-order valence-corrected chi connectivity index (χ2v) is 3.30. The summed E-state index contributed by atoms with van der Waals surface area (Å²) in [4.78, 5) is 10.7. The molecule has 4 heteroatoms. The molecular formula is C10H11NO3. The van der Waals surface area contributed by atoms with Crippen LogP contribution in [0.15, 0.2) is 18.2 Å². The van der Waals surface area contributed by atoms with E-state index in [1.54, 1.807) is 12.1 Å². The van der Waals surface area contributed by atoms with E-state index in [1.165, 1.54) is 6.07 Å². The zero-order valence-corrected chi connectivity index (χ0v) is 7.56. The fourth-order valence-corrected chi connectivity index (χ4v) is 1.55. The van der Waals surface area contributed by atoms with Crippen molar-refractivity contribution in [1.82, 2.24) is 0 Å². The summed E-state index contributed by atoms with van der Waals surface area (Å²) in [5, 5.41) is 8.79. The van der Waals surface area contributed by atoms with Crippen LogP contribution in [0.25, 0.3) is 0 Å². The number of benzene rings is 1. The van der Waals surface area contributed by atoms with E-state index in [-0.39, 0.29) is 11.6 Å². The van der Waals surface area contributed by atoms with Crippen LogP contribution in [0.3, 0.4) is 0 Å². The predicted octanol–water partition coefficient (Wildman–Crippen LogP) is 1.17. The van der Waals surface area contributed by atoms with Crippen molar-refractivity contribution in [3.8, 4) is 5.75 Å². The van der Waals surface area contributed by atoms with Crippen LogP contribution in [0.5, 0.6) is 5.75 Å². The normalized spacial score (nSPS) is 19.6. The van der Waals surface area contributed by atoms with E-state index in [4.69, 9.17) is 15.6 Å². The third-order valence-corrected chi connectivity index (χ3v) is 2.34. The molecule has 0 aliphatic carbocycles. The first-order chi connectivity index (χ1) is 6.68. The molecule has 1 heterocycles. The van der Waals surface area contributed by atoms with Gasteiger partial charge in [-0.15, -0.1) is 0 Å². The molecule has 1 aliphatic heterocycles. The van der Waals surface area contributed by atoms with Crippen molar-refractivity contribution in [2.75, 3.05) is 6.61 Å². The number of aromatic carboxylic acids is 1. The monoisotopic (exact) mass is 193 g/mol. The van der Waals surface area contributed by atoms with Crippen molar-refractivity contribution in [1.29, 1.82) is 0 Å². The molecule has 0 saturated heterocycles. The maximum atomic E-state index is 10.7. The highest BCUT2D eigenvalue weighted by molar-refractivity contribution is 5.88. The van der Waals surface area contributed by atoms with Gasteiger partial charge in [0.15, 0.2) is 0 Å². The third-order valence-electron chi connectivity index (χ3n) is 2.34. The Morgan fingerprint density at radius 3 is 3.07 bits per heavy atom. The van der Waals surface area contributed by atoms with Crippen LogP contribution in [0.4, 0.5) is 0 Å². The summed E-state index contributed by atoms with van der Waals surface area (Å²) in [5.41, 5.74) is 6.88. The highest BCUT2D eigenvalue weighted by Gasteiger charge is 2.19. The summed E-state index contributed by atoms with van der Waals surface area (Å²) in [7, 11) is 0. The summed E-state index contributed by atoms with van der Waals surface area (Å²) >= 11 is 0. The van der Waals surface area contributed by atoms with E-state index in [0.717, 1.165) is 12.0 Å². The summed E-state index contributed by atoms with van der Waals surface area (Å²) < 4.78 is 5.36. The minimum Gasteiger partial charge on any atom is -0.493 e. The van der Waals surface area contributed by atoms with E-state index in [0.29, 0.717) is 12.4 Å². The van der Waals surface area contributed by atoms with Gasteiger partial charge in [0.2, 0.25) is 0 Å². The standard InChI is InChI=1S/C10H11NO3/c11-8-3-4-14-9-2-1-6(10(12)13)5-7(8)9/h1-2,5,8H,3-4,11H2,(H,12,13). The van der Waals surface area contributed by atoms with Crippen LogP contribution in [0, 0.1) is 0 Å². The molecule has 0 fully saturated rings. The Hall–Kier alpha value is -1.55. The molecule has 2 rings (SSSR count). The maximum Gasteiger partial charge on any atom is 0.335 e. The van der Waals surface area contributed by atoms with Gasteiger partial charge in [-0.2, -0.15) is 0 Å². The topological polar surface area (TPSA) is 72.5 Å². The number of carboxylic acids is 1. The Bertz CT molecular complexity index is 376. The second kappa shape index (κ2) is 3.31. The Morgan fingerprint density at radius 1 is 1.57 bits per heavy atom. The highest BCUT2D eigenvalue weighted by Crippen LogP contribution is 2.30. The third kappa shape index (κ3) is 1.44. The van der Waals surface area contributed by atoms with Gasteiger partial charge in [0.25, 0.3) is 0 Å². The van der Waals surface area contributed by atoms with Crippen molar-refractivity contribution in [2.24, 2.45) is 5.73 Å². The number of carbonyl (C=O) groups is 1. The Morgan fingerprint density at radius 2 is 2.36 bits per heavy atom. The molecule has 0 saturated carbocycles. The van der Waals surface area contributed by atoms with Gasteiger partial charge in [-0.05, 0) is 18.2 Å². The smallest absolute Gasteiger partial charge is 0.335 e. The molecule has 3 N–H and O–H groups in total. The van der Waals surface area contributed by atoms with Crippen molar-refractivity contribution < 1.29 is 14.6 Å². The summed E-state index contributed by atoms with van der Waals surface area (Å²) in [6.45, 7) is 0.598. The molecule has 0 bridgehead atoms. The molecule has 1 atom stereocenters. The molecule has 14 heavy (non-hydrogen) atoms. The molecule has 0 radical (unpaired) electrons. The molecule has 0 amide bonds. The van der Waals surface area contributed by atoms with E-state index in [2.05, 4.69) is 0 Å². The van der Waals surface area contributed by atoms with Gasteiger partial charge >= 0.3 is 5.97 Å². The van der Waals surface area contributed by atoms with Crippen LogP contribution in [0.2, 0.25) is 0 Å². The lowest BCUT2D eigenvalue weighted by atomic mass is 9.99. The Labute approximate surface area is 81.3 Å². The van der Waals surface area contributed by atoms with Crippen LogP contribution in [-0.4, -0.2) is 17.7 Å². The number of fused-ring (bicyclic) bond motifs is 1. The lowest BCUT2D eigenvalue weighted by Crippen LogP contribution is -2.21. The van der Waals surface area contributed by atoms with Crippen molar-refractivity contribution >= 4 is 5.97 Å². The van der Waals surface area contributed by atoms with Crippen LogP contribution >= 0.6 is 0 Å². The van der Waals surface area contributed by atoms with Crippen molar-refractivity contribution in [3.05, 3.63) is 29.3 Å². The fourth-order valence-electron chi connectivity index (χ4n) is 1.55. The van der Waals surface area contributed by atoms with E-state index >= 15 is 0 Å². The van der Waals surface area contributed by atoms with E-state index in [9.17, 15) is 4.79 Å². The molecule has 74 valence electrons. The average molecular weight is 193 g/mol. The highest BCUT2D eigenvalue weighted by atomic mass is 16.5. The van der Waals surface area contributed by atoms with Crippen molar-refractivity contribution in [2.45, 2.75) is 12.5 Å². The number of hydrogen-bond donors (Lipinski definition) is 2. The molecular weight excluding hydrogens is 182 g/mol. The summed E-state index contributed by atoms with van der Waals surface area (Å²) in [6.07, 6.45) is 0.732. The molecule has 0 spiro atoms. The number of rotatable bonds is 1. The summed E-state index contributed by atoms with van der Waals surface area (Å²) in [5.74, 6) is -0.237. The lowest BCUT2D eigenvalue weighted by molar-refractivity contribution is 0.0696. The second-order valence-electron chi connectivity index (χ2n) is 3.30. The van der Waals surface area contributed by atoms with Gasteiger partial charge in [-0.1, -0.05) is 0 Å². The van der Waals surface area contributed by atoms with Gasteiger partial charge in [-0.3, -0.25) is 0 Å². The fraction of sp³-hybridized carbons (Fsp3) is 0.300. The number of nitrogens with two attached hydrogens (primary N) is 1. The zero-order valence-electron chi connectivity index (χ0n) is 7.56. The SMILES string of the molecule is NC1CCOc2ccc(C(=O)O)cc21. The predicted molar refractivity (Wildman–Crippen MR) is 50.4 cm³/mol. The first-order valence-electron chi connectivity index (χ1n) is 4.44. The average Bonchev–Trinajstić information content (AvgIpc) is 2.18. The lowest BCUT2D eigenvalue weighted by Gasteiger charge is -2.22. The maximum absolute atomic E-state index is 10.7. The molecule has 4 nitrogen and oxygen atoms in total. The summed E-state index contributed by atoms with van der Waals surface area (Å²) in [6, 6.07) is 4.66. The largest absolute Gasteiger partial charge is 0.493 e. The van der Waals surface area contributed by atoms with Gasteiger partial charge in [0.1, 0.15) is 5.75 Å². The van der Waals surface area contributed by atoms with Gasteiger partial charge < -0.3 is 15.6 Å².